The van der Waals surface area contributed by atoms with Crippen LogP contribution in [0, 0.1) is 0 Å². The largest absolute Gasteiger partial charge is 0.491 e. The van der Waals surface area contributed by atoms with Crippen molar-refractivity contribution in [2.24, 2.45) is 0 Å². The van der Waals surface area contributed by atoms with Crippen LogP contribution in [0.3, 0.4) is 0 Å². The Morgan fingerprint density at radius 2 is 2.05 bits per heavy atom. The SMILES string of the molecule is CCC1(NC(=S)Nc2cccc(OC(C)C)c2)CCCC1. The molecule has 4 heteroatoms. The molecule has 0 heterocycles. The van der Waals surface area contributed by atoms with Gasteiger partial charge in [0.15, 0.2) is 5.11 Å². The molecule has 0 radical (unpaired) electrons. The summed E-state index contributed by atoms with van der Waals surface area (Å²) in [5.74, 6) is 0.865. The van der Waals surface area contributed by atoms with E-state index in [1.165, 1.54) is 25.7 Å². The summed E-state index contributed by atoms with van der Waals surface area (Å²) >= 11 is 5.48. The van der Waals surface area contributed by atoms with Crippen molar-refractivity contribution in [3.05, 3.63) is 24.3 Å². The Morgan fingerprint density at radius 3 is 2.67 bits per heavy atom. The average Bonchev–Trinajstić information content (AvgIpc) is 2.87. The van der Waals surface area contributed by atoms with Crippen LogP contribution in [-0.4, -0.2) is 16.8 Å². The van der Waals surface area contributed by atoms with Crippen LogP contribution < -0.4 is 15.4 Å². The second kappa shape index (κ2) is 7.12. The minimum Gasteiger partial charge on any atom is -0.491 e. The van der Waals surface area contributed by atoms with E-state index in [-0.39, 0.29) is 11.6 Å². The average molecular weight is 306 g/mol. The van der Waals surface area contributed by atoms with E-state index < -0.39 is 0 Å². The molecule has 1 aliphatic rings. The van der Waals surface area contributed by atoms with E-state index in [0.29, 0.717) is 5.11 Å². The maximum absolute atomic E-state index is 5.71. The molecular formula is C17H26N2OS. The Morgan fingerprint density at radius 1 is 1.33 bits per heavy atom. The van der Waals surface area contributed by atoms with Crippen LogP contribution in [0.4, 0.5) is 5.69 Å². The quantitative estimate of drug-likeness (QED) is 0.786. The summed E-state index contributed by atoms with van der Waals surface area (Å²) in [6.07, 6.45) is 6.30. The summed E-state index contributed by atoms with van der Waals surface area (Å²) in [4.78, 5) is 0. The molecule has 2 N–H and O–H groups in total. The van der Waals surface area contributed by atoms with Crippen molar-refractivity contribution in [3.8, 4) is 5.75 Å². The molecule has 0 atom stereocenters. The summed E-state index contributed by atoms with van der Waals surface area (Å²) in [7, 11) is 0. The maximum atomic E-state index is 5.71. The van der Waals surface area contributed by atoms with Gasteiger partial charge in [-0.3, -0.25) is 0 Å². The molecule has 3 nitrogen and oxygen atoms in total. The third-order valence-corrected chi connectivity index (χ3v) is 4.28. The van der Waals surface area contributed by atoms with Crippen molar-refractivity contribution < 1.29 is 4.74 Å². The minimum absolute atomic E-state index is 0.173. The van der Waals surface area contributed by atoms with Gasteiger partial charge < -0.3 is 15.4 Å². The lowest BCUT2D eigenvalue weighted by molar-refractivity contribution is 0.242. The molecule has 0 unspecified atom stereocenters. The number of benzene rings is 1. The summed E-state index contributed by atoms with van der Waals surface area (Å²) in [5, 5.41) is 7.52. The summed E-state index contributed by atoms with van der Waals surface area (Å²) in [6, 6.07) is 7.94. The zero-order valence-electron chi connectivity index (χ0n) is 13.2. The van der Waals surface area contributed by atoms with Gasteiger partial charge in [-0.2, -0.15) is 0 Å². The van der Waals surface area contributed by atoms with Crippen LogP contribution in [0.15, 0.2) is 24.3 Å². The topological polar surface area (TPSA) is 33.3 Å². The zero-order valence-corrected chi connectivity index (χ0v) is 14.1. The van der Waals surface area contributed by atoms with Gasteiger partial charge in [-0.05, 0) is 57.5 Å². The lowest BCUT2D eigenvalue weighted by Crippen LogP contribution is -2.47. The van der Waals surface area contributed by atoms with Gasteiger partial charge in [0.25, 0.3) is 0 Å². The highest BCUT2D eigenvalue weighted by molar-refractivity contribution is 7.80. The molecule has 0 aromatic heterocycles. The molecule has 0 amide bonds. The number of nitrogens with one attached hydrogen (secondary N) is 2. The lowest BCUT2D eigenvalue weighted by Gasteiger charge is -2.30. The summed E-state index contributed by atoms with van der Waals surface area (Å²) in [6.45, 7) is 6.28. The van der Waals surface area contributed by atoms with Crippen molar-refractivity contribution in [1.82, 2.24) is 5.32 Å². The van der Waals surface area contributed by atoms with E-state index in [9.17, 15) is 0 Å². The lowest BCUT2D eigenvalue weighted by atomic mass is 9.95. The Hall–Kier alpha value is -1.29. The molecule has 21 heavy (non-hydrogen) atoms. The predicted octanol–water partition coefficient (Wildman–Crippen LogP) is 4.48. The third kappa shape index (κ3) is 4.60. The standard InChI is InChI=1S/C17H26N2OS/c1-4-17(10-5-6-11-17)19-16(21)18-14-8-7-9-15(12-14)20-13(2)3/h7-9,12-13H,4-6,10-11H2,1-3H3,(H2,18,19,21). The second-order valence-electron chi connectivity index (χ2n) is 6.11. The van der Waals surface area contributed by atoms with Crippen LogP contribution in [-0.2, 0) is 0 Å². The van der Waals surface area contributed by atoms with Crippen LogP contribution in [0.2, 0.25) is 0 Å². The van der Waals surface area contributed by atoms with E-state index in [1.54, 1.807) is 0 Å². The van der Waals surface area contributed by atoms with Gasteiger partial charge in [-0.25, -0.2) is 0 Å². The highest BCUT2D eigenvalue weighted by atomic mass is 32.1. The normalized spacial score (nSPS) is 16.8. The van der Waals surface area contributed by atoms with Crippen molar-refractivity contribution in [2.75, 3.05) is 5.32 Å². The number of thiocarbonyl (C=S) groups is 1. The fourth-order valence-electron chi connectivity index (χ4n) is 2.94. The fourth-order valence-corrected chi connectivity index (χ4v) is 3.28. The first-order valence-electron chi connectivity index (χ1n) is 7.89. The molecule has 1 aromatic rings. The molecule has 1 aromatic carbocycles. The van der Waals surface area contributed by atoms with E-state index in [1.807, 2.05) is 38.1 Å². The first-order valence-corrected chi connectivity index (χ1v) is 8.30. The first kappa shape index (κ1) is 16.1. The second-order valence-corrected chi connectivity index (χ2v) is 6.52. The molecule has 2 rings (SSSR count). The zero-order chi connectivity index (χ0) is 15.3. The van der Waals surface area contributed by atoms with Gasteiger partial charge in [-0.15, -0.1) is 0 Å². The smallest absolute Gasteiger partial charge is 0.171 e. The van der Waals surface area contributed by atoms with Crippen molar-refractivity contribution in [1.29, 1.82) is 0 Å². The predicted molar refractivity (Wildman–Crippen MR) is 93.1 cm³/mol. The molecular weight excluding hydrogens is 280 g/mol. The molecule has 0 spiro atoms. The highest BCUT2D eigenvalue weighted by Crippen LogP contribution is 2.32. The van der Waals surface area contributed by atoms with Crippen molar-refractivity contribution in [3.63, 3.8) is 0 Å². The third-order valence-electron chi connectivity index (χ3n) is 4.08. The van der Waals surface area contributed by atoms with Crippen molar-refractivity contribution >= 4 is 23.0 Å². The minimum atomic E-state index is 0.173. The summed E-state index contributed by atoms with van der Waals surface area (Å²) in [5.41, 5.74) is 1.16. The number of anilines is 1. The molecule has 0 bridgehead atoms. The van der Waals surface area contributed by atoms with E-state index >= 15 is 0 Å². The van der Waals surface area contributed by atoms with Gasteiger partial charge in [0.1, 0.15) is 5.75 Å². The number of hydrogen-bond acceptors (Lipinski definition) is 2. The fraction of sp³-hybridized carbons (Fsp3) is 0.588. The Kier molecular flexibility index (Phi) is 5.45. The van der Waals surface area contributed by atoms with Gasteiger partial charge in [0.2, 0.25) is 0 Å². The maximum Gasteiger partial charge on any atom is 0.171 e. The van der Waals surface area contributed by atoms with Gasteiger partial charge in [0, 0.05) is 17.3 Å². The van der Waals surface area contributed by atoms with Gasteiger partial charge in [0.05, 0.1) is 6.10 Å². The molecule has 0 aliphatic heterocycles. The molecule has 116 valence electrons. The molecule has 1 saturated carbocycles. The molecule has 1 aliphatic carbocycles. The molecule has 1 fully saturated rings. The number of ether oxygens (including phenoxy) is 1. The first-order chi connectivity index (χ1) is 10.0. The number of rotatable bonds is 5. The highest BCUT2D eigenvalue weighted by Gasteiger charge is 2.32. The van der Waals surface area contributed by atoms with Crippen LogP contribution >= 0.6 is 12.2 Å². The Balaban J connectivity index is 1.96. The van der Waals surface area contributed by atoms with Crippen molar-refractivity contribution in [2.45, 2.75) is 64.5 Å². The Bertz CT molecular complexity index is 481. The molecule has 0 saturated heterocycles. The van der Waals surface area contributed by atoms with Gasteiger partial charge >= 0.3 is 0 Å². The van der Waals surface area contributed by atoms with E-state index in [2.05, 4.69) is 17.6 Å². The summed E-state index contributed by atoms with van der Waals surface area (Å²) < 4.78 is 5.71. The number of hydrogen-bond donors (Lipinski definition) is 2. The van der Waals surface area contributed by atoms with Crippen LogP contribution in [0.25, 0.3) is 0 Å². The Labute approximate surface area is 133 Å². The monoisotopic (exact) mass is 306 g/mol. The van der Waals surface area contributed by atoms with Crippen LogP contribution in [0.1, 0.15) is 52.9 Å². The van der Waals surface area contributed by atoms with Gasteiger partial charge in [-0.1, -0.05) is 25.8 Å². The van der Waals surface area contributed by atoms with E-state index in [4.69, 9.17) is 17.0 Å². The van der Waals surface area contributed by atoms with E-state index in [0.717, 1.165) is 17.9 Å². The van der Waals surface area contributed by atoms with Crippen LogP contribution in [0.5, 0.6) is 5.75 Å².